The second-order valence-electron chi connectivity index (χ2n) is 9.12. The minimum absolute atomic E-state index is 0.110. The molecule has 0 aromatic heterocycles. The molecular formula is C26H29F4N3O4. The largest absolute Gasteiger partial charge is 0.497 e. The zero-order chi connectivity index (χ0) is 26.7. The number of benzene rings is 2. The number of hydrogen-bond acceptors (Lipinski definition) is 6. The number of piperidine rings is 1. The molecule has 2 aliphatic rings. The van der Waals surface area contributed by atoms with Crippen LogP contribution in [0.25, 0.3) is 0 Å². The molecule has 11 heteroatoms. The van der Waals surface area contributed by atoms with E-state index in [-0.39, 0.29) is 18.3 Å². The van der Waals surface area contributed by atoms with E-state index in [9.17, 15) is 27.5 Å². The summed E-state index contributed by atoms with van der Waals surface area (Å²) in [6, 6.07) is 10.1. The molecule has 2 atom stereocenters. The number of carbonyl (C=O) groups is 1. The topological polar surface area (TPSA) is 74.6 Å². The van der Waals surface area contributed by atoms with Crippen molar-refractivity contribution in [3.63, 3.8) is 0 Å². The Kier molecular flexibility index (Phi) is 7.79. The van der Waals surface area contributed by atoms with E-state index >= 15 is 0 Å². The van der Waals surface area contributed by atoms with Gasteiger partial charge in [-0.25, -0.2) is 4.39 Å². The molecule has 0 saturated carbocycles. The lowest BCUT2D eigenvalue weighted by Gasteiger charge is -2.34. The molecule has 200 valence electrons. The number of carboxylic acid groups (broad SMARTS) is 1. The second kappa shape index (κ2) is 10.9. The molecule has 0 spiro atoms. The molecule has 2 aromatic carbocycles. The van der Waals surface area contributed by atoms with Crippen molar-refractivity contribution >= 4 is 23.1 Å². The van der Waals surface area contributed by atoms with Crippen LogP contribution in [0.15, 0.2) is 47.6 Å². The highest BCUT2D eigenvalue weighted by molar-refractivity contribution is 5.96. The van der Waals surface area contributed by atoms with Gasteiger partial charge in [0, 0.05) is 37.9 Å². The van der Waals surface area contributed by atoms with Crippen molar-refractivity contribution in [3.05, 3.63) is 48.3 Å². The average Bonchev–Trinajstić information content (AvgIpc) is 3.23. The third-order valence-corrected chi connectivity index (χ3v) is 6.80. The highest BCUT2D eigenvalue weighted by Crippen LogP contribution is 2.38. The van der Waals surface area contributed by atoms with Crippen LogP contribution >= 0.6 is 0 Å². The molecule has 1 N–H and O–H groups in total. The summed E-state index contributed by atoms with van der Waals surface area (Å²) in [5, 5.41) is 14.2. The predicted octanol–water partition coefficient (Wildman–Crippen LogP) is 5.49. The zero-order valence-electron chi connectivity index (χ0n) is 20.5. The van der Waals surface area contributed by atoms with Gasteiger partial charge in [-0.2, -0.15) is 18.3 Å². The summed E-state index contributed by atoms with van der Waals surface area (Å²) < 4.78 is 66.2. The van der Waals surface area contributed by atoms with Gasteiger partial charge in [-0.3, -0.25) is 9.80 Å². The van der Waals surface area contributed by atoms with E-state index in [4.69, 9.17) is 9.47 Å². The number of hydrogen-bond donors (Lipinski definition) is 1. The number of ether oxygens (including phenoxy) is 2. The van der Waals surface area contributed by atoms with Crippen LogP contribution in [0.3, 0.4) is 0 Å². The lowest BCUT2D eigenvalue weighted by atomic mass is 9.90. The molecule has 7 nitrogen and oxygen atoms in total. The van der Waals surface area contributed by atoms with E-state index in [1.165, 1.54) is 13.2 Å². The summed E-state index contributed by atoms with van der Waals surface area (Å²) in [5.74, 6) is -1.43. The van der Waals surface area contributed by atoms with Crippen LogP contribution in [-0.2, 0) is 4.79 Å². The molecule has 0 aliphatic carbocycles. The molecule has 2 aliphatic heterocycles. The molecule has 2 unspecified atom stereocenters. The van der Waals surface area contributed by atoms with Crippen LogP contribution in [0.1, 0.15) is 32.6 Å². The van der Waals surface area contributed by atoms with Gasteiger partial charge in [-0.1, -0.05) is 6.92 Å². The normalized spacial score (nSPS) is 20.6. The molecule has 2 heterocycles. The molecule has 0 radical (unpaired) electrons. The number of anilines is 2. The van der Waals surface area contributed by atoms with Gasteiger partial charge >= 0.3 is 12.1 Å². The Labute approximate surface area is 212 Å². The number of methoxy groups -OCH3 is 1. The number of halogens is 4. The van der Waals surface area contributed by atoms with Gasteiger partial charge in [0.05, 0.1) is 30.9 Å². The van der Waals surface area contributed by atoms with Crippen LogP contribution in [0, 0.1) is 11.7 Å². The SMILES string of the molecule is CCC1C(C(F)(F)F)=NN(c2ccc(OC3CCN(c4cc(OC)ccc4F)CC3)cc2)C1CC(=O)O. The van der Waals surface area contributed by atoms with Gasteiger partial charge < -0.3 is 19.5 Å². The summed E-state index contributed by atoms with van der Waals surface area (Å²) in [6.45, 7) is 2.77. The van der Waals surface area contributed by atoms with Crippen molar-refractivity contribution in [1.82, 2.24) is 0 Å². The predicted molar refractivity (Wildman–Crippen MR) is 131 cm³/mol. The Balaban J connectivity index is 1.42. The van der Waals surface area contributed by atoms with Crippen molar-refractivity contribution in [3.8, 4) is 11.5 Å². The fourth-order valence-electron chi connectivity index (χ4n) is 4.95. The second-order valence-corrected chi connectivity index (χ2v) is 9.12. The molecular weight excluding hydrogens is 494 g/mol. The first-order valence-electron chi connectivity index (χ1n) is 12.1. The van der Waals surface area contributed by atoms with Gasteiger partial charge in [-0.05, 0) is 42.8 Å². The Bertz CT molecular complexity index is 1130. The quantitative estimate of drug-likeness (QED) is 0.462. The monoisotopic (exact) mass is 523 g/mol. The first-order valence-corrected chi connectivity index (χ1v) is 12.1. The summed E-state index contributed by atoms with van der Waals surface area (Å²) in [6.07, 6.45) is -3.79. The Morgan fingerprint density at radius 3 is 2.32 bits per heavy atom. The van der Waals surface area contributed by atoms with Gasteiger partial charge in [0.2, 0.25) is 0 Å². The molecule has 0 bridgehead atoms. The third kappa shape index (κ3) is 5.91. The zero-order valence-corrected chi connectivity index (χ0v) is 20.5. The van der Waals surface area contributed by atoms with E-state index in [1.807, 2.05) is 4.90 Å². The maximum atomic E-state index is 14.3. The van der Waals surface area contributed by atoms with Gasteiger partial charge in [0.15, 0.2) is 0 Å². The lowest BCUT2D eigenvalue weighted by Crippen LogP contribution is -2.38. The average molecular weight is 524 g/mol. The van der Waals surface area contributed by atoms with Gasteiger partial charge in [0.25, 0.3) is 0 Å². The first-order chi connectivity index (χ1) is 17.6. The van der Waals surface area contributed by atoms with Crippen molar-refractivity contribution in [2.75, 3.05) is 30.1 Å². The van der Waals surface area contributed by atoms with Crippen molar-refractivity contribution < 1.29 is 36.9 Å². The number of carboxylic acids is 1. The van der Waals surface area contributed by atoms with Gasteiger partial charge in [-0.15, -0.1) is 0 Å². The highest BCUT2D eigenvalue weighted by Gasteiger charge is 2.50. The summed E-state index contributed by atoms with van der Waals surface area (Å²) >= 11 is 0. The number of nitrogens with zero attached hydrogens (tertiary/aromatic N) is 3. The van der Waals surface area contributed by atoms with Crippen LogP contribution in [-0.4, -0.2) is 55.3 Å². The van der Waals surface area contributed by atoms with Crippen LogP contribution in [0.5, 0.6) is 11.5 Å². The summed E-state index contributed by atoms with van der Waals surface area (Å²) in [7, 11) is 1.53. The smallest absolute Gasteiger partial charge is 0.431 e. The first kappa shape index (κ1) is 26.6. The van der Waals surface area contributed by atoms with Crippen LogP contribution in [0.2, 0.25) is 0 Å². The van der Waals surface area contributed by atoms with E-state index in [0.29, 0.717) is 48.8 Å². The molecule has 1 fully saturated rings. The number of rotatable bonds is 8. The van der Waals surface area contributed by atoms with Gasteiger partial charge in [0.1, 0.15) is 29.1 Å². The minimum atomic E-state index is -4.64. The minimum Gasteiger partial charge on any atom is -0.497 e. The van der Waals surface area contributed by atoms with Crippen LogP contribution < -0.4 is 19.4 Å². The Morgan fingerprint density at radius 1 is 1.11 bits per heavy atom. The maximum Gasteiger partial charge on any atom is 0.431 e. The summed E-state index contributed by atoms with van der Waals surface area (Å²) in [4.78, 5) is 13.3. The molecule has 0 amide bonds. The Hall–Kier alpha value is -3.50. The van der Waals surface area contributed by atoms with E-state index < -0.39 is 36.2 Å². The van der Waals surface area contributed by atoms with Crippen LogP contribution in [0.4, 0.5) is 28.9 Å². The standard InChI is InChI=1S/C26H29F4N3O4/c1-3-20-22(15-24(34)35)33(31-25(20)26(28,29)30)16-4-6-17(7-5-16)37-18-10-12-32(13-11-18)23-14-19(36-2)8-9-21(23)27/h4-9,14,18,20,22H,3,10-13,15H2,1-2H3,(H,34,35). The molecule has 37 heavy (non-hydrogen) atoms. The fraction of sp³-hybridized carbons (Fsp3) is 0.462. The molecule has 4 rings (SSSR count). The van der Waals surface area contributed by atoms with Crippen molar-refractivity contribution in [2.45, 2.75) is 50.9 Å². The lowest BCUT2D eigenvalue weighted by molar-refractivity contribution is -0.137. The Morgan fingerprint density at radius 2 is 1.76 bits per heavy atom. The number of aliphatic carboxylic acids is 1. The fourth-order valence-corrected chi connectivity index (χ4v) is 4.95. The van der Waals surface area contributed by atoms with Crippen molar-refractivity contribution in [2.24, 2.45) is 11.0 Å². The molecule has 1 saturated heterocycles. The number of hydrazone groups is 1. The van der Waals surface area contributed by atoms with E-state index in [1.54, 1.807) is 43.3 Å². The highest BCUT2D eigenvalue weighted by atomic mass is 19.4. The van der Waals surface area contributed by atoms with E-state index in [0.717, 1.165) is 5.01 Å². The third-order valence-electron chi connectivity index (χ3n) is 6.80. The number of alkyl halides is 3. The summed E-state index contributed by atoms with van der Waals surface area (Å²) in [5.41, 5.74) is -0.117. The molecule has 2 aromatic rings. The van der Waals surface area contributed by atoms with Crippen molar-refractivity contribution in [1.29, 1.82) is 0 Å². The maximum absolute atomic E-state index is 14.3. The van der Waals surface area contributed by atoms with E-state index in [2.05, 4.69) is 5.10 Å².